The number of benzene rings is 2. The fourth-order valence-electron chi connectivity index (χ4n) is 4.38. The number of ether oxygens (including phenoxy) is 4. The van der Waals surface area contributed by atoms with Gasteiger partial charge in [-0.05, 0) is 56.1 Å². The van der Waals surface area contributed by atoms with E-state index in [1.54, 1.807) is 18.2 Å². The lowest BCUT2D eigenvalue weighted by molar-refractivity contribution is -0.154. The molecule has 0 radical (unpaired) electrons. The lowest BCUT2D eigenvalue weighted by atomic mass is 9.97. The van der Waals surface area contributed by atoms with E-state index >= 15 is 0 Å². The lowest BCUT2D eigenvalue weighted by Gasteiger charge is -2.35. The summed E-state index contributed by atoms with van der Waals surface area (Å²) >= 11 is 6.02. The highest BCUT2D eigenvalue weighted by molar-refractivity contribution is 7.89. The summed E-state index contributed by atoms with van der Waals surface area (Å²) in [5.41, 5.74) is 0. The van der Waals surface area contributed by atoms with Gasteiger partial charge in [0.1, 0.15) is 29.1 Å². The molecule has 41 heavy (non-hydrogen) atoms. The third-order valence-electron chi connectivity index (χ3n) is 6.35. The Hall–Kier alpha value is -2.62. The van der Waals surface area contributed by atoms with Crippen LogP contribution in [0.3, 0.4) is 0 Å². The van der Waals surface area contributed by atoms with Gasteiger partial charge in [0.2, 0.25) is 10.0 Å². The molecule has 1 fully saturated rings. The Kier molecular flexibility index (Phi) is 9.71. The first-order valence-electron chi connectivity index (χ1n) is 12.5. The molecule has 0 saturated carbocycles. The number of piperidine rings is 1. The van der Waals surface area contributed by atoms with Crippen molar-refractivity contribution in [2.75, 3.05) is 46.0 Å². The van der Waals surface area contributed by atoms with E-state index in [2.05, 4.69) is 19.1 Å². The fraction of sp³-hybridized carbons (Fsp3) is 0.520. The number of rotatable bonds is 10. The molecule has 0 spiro atoms. The molecular formula is C25H27ClF6N2O6S. The Morgan fingerprint density at radius 1 is 0.951 bits per heavy atom. The van der Waals surface area contributed by atoms with E-state index in [0.29, 0.717) is 61.7 Å². The second-order valence-corrected chi connectivity index (χ2v) is 11.8. The molecule has 1 N–H and O–H groups in total. The summed E-state index contributed by atoms with van der Waals surface area (Å²) < 4.78 is 125. The molecule has 2 aliphatic rings. The number of hydrogen-bond donors (Lipinski definition) is 1. The van der Waals surface area contributed by atoms with E-state index in [0.717, 1.165) is 12.1 Å². The lowest BCUT2D eigenvalue weighted by Crippen LogP contribution is -2.45. The van der Waals surface area contributed by atoms with Gasteiger partial charge in [-0.3, -0.25) is 4.90 Å². The van der Waals surface area contributed by atoms with Crippen molar-refractivity contribution < 1.29 is 53.7 Å². The number of nitrogens with one attached hydrogen (secondary N) is 1. The SMILES string of the molecule is O=S(=O)(NCC1CCN(C[C@H]2COc3ccc(Cl)cc3O2)CC1)c1cc(OCC(F)(F)F)ccc1OCC(F)(F)F. The van der Waals surface area contributed by atoms with Gasteiger partial charge in [0.15, 0.2) is 24.7 Å². The van der Waals surface area contributed by atoms with E-state index in [1.165, 1.54) is 0 Å². The van der Waals surface area contributed by atoms with Crippen molar-refractivity contribution in [1.29, 1.82) is 0 Å². The minimum atomic E-state index is -4.76. The molecule has 2 aliphatic heterocycles. The highest BCUT2D eigenvalue weighted by atomic mass is 35.5. The highest BCUT2D eigenvalue weighted by Gasteiger charge is 2.32. The maximum absolute atomic E-state index is 13.0. The topological polar surface area (TPSA) is 86.3 Å². The van der Waals surface area contributed by atoms with Crippen molar-refractivity contribution >= 4 is 21.6 Å². The third-order valence-corrected chi connectivity index (χ3v) is 8.03. The summed E-state index contributed by atoms with van der Waals surface area (Å²) in [6, 6.07) is 7.56. The first-order valence-corrected chi connectivity index (χ1v) is 14.4. The van der Waals surface area contributed by atoms with Gasteiger partial charge in [-0.2, -0.15) is 26.3 Å². The first kappa shape index (κ1) is 31.3. The van der Waals surface area contributed by atoms with Crippen LogP contribution in [-0.2, 0) is 10.0 Å². The van der Waals surface area contributed by atoms with E-state index in [9.17, 15) is 34.8 Å². The molecule has 2 heterocycles. The maximum Gasteiger partial charge on any atom is 0.422 e. The van der Waals surface area contributed by atoms with Crippen molar-refractivity contribution in [3.05, 3.63) is 41.4 Å². The third kappa shape index (κ3) is 9.45. The Labute approximate surface area is 237 Å². The molecule has 2 aromatic rings. The van der Waals surface area contributed by atoms with Gasteiger partial charge in [-0.1, -0.05) is 11.6 Å². The maximum atomic E-state index is 13.0. The van der Waals surface area contributed by atoms with Crippen LogP contribution in [0.5, 0.6) is 23.0 Å². The molecule has 0 aromatic heterocycles. The van der Waals surface area contributed by atoms with Crippen molar-refractivity contribution in [3.63, 3.8) is 0 Å². The number of hydrogen-bond acceptors (Lipinski definition) is 7. The van der Waals surface area contributed by atoms with Gasteiger partial charge in [-0.15, -0.1) is 0 Å². The molecule has 228 valence electrons. The van der Waals surface area contributed by atoms with Crippen molar-refractivity contribution in [1.82, 2.24) is 9.62 Å². The van der Waals surface area contributed by atoms with E-state index in [-0.39, 0.29) is 18.6 Å². The number of halogens is 7. The van der Waals surface area contributed by atoms with Gasteiger partial charge >= 0.3 is 12.4 Å². The van der Waals surface area contributed by atoms with Crippen LogP contribution in [0, 0.1) is 5.92 Å². The van der Waals surface area contributed by atoms with Crippen molar-refractivity contribution in [3.8, 4) is 23.0 Å². The van der Waals surface area contributed by atoms with Crippen LogP contribution in [0.1, 0.15) is 12.8 Å². The molecule has 0 aliphatic carbocycles. The van der Waals surface area contributed by atoms with Crippen LogP contribution in [0.25, 0.3) is 0 Å². The van der Waals surface area contributed by atoms with E-state index in [1.807, 2.05) is 0 Å². The zero-order valence-corrected chi connectivity index (χ0v) is 23.0. The molecule has 1 saturated heterocycles. The summed E-state index contributed by atoms with van der Waals surface area (Å²) in [5.74, 6) is -0.0745. The molecule has 2 aromatic carbocycles. The highest BCUT2D eigenvalue weighted by Crippen LogP contribution is 2.35. The first-order chi connectivity index (χ1) is 19.2. The van der Waals surface area contributed by atoms with Gasteiger partial charge in [0, 0.05) is 30.2 Å². The van der Waals surface area contributed by atoms with Gasteiger partial charge in [0.05, 0.1) is 0 Å². The van der Waals surface area contributed by atoms with Crippen LogP contribution in [0.15, 0.2) is 41.3 Å². The monoisotopic (exact) mass is 632 g/mol. The summed E-state index contributed by atoms with van der Waals surface area (Å²) in [5, 5.41) is 0.524. The minimum absolute atomic E-state index is 0.0303. The molecule has 16 heteroatoms. The average molecular weight is 633 g/mol. The van der Waals surface area contributed by atoms with Crippen LogP contribution in [-0.4, -0.2) is 77.8 Å². The normalized spacial score (nSPS) is 18.8. The van der Waals surface area contributed by atoms with Gasteiger partial charge in [0.25, 0.3) is 0 Å². The zero-order chi connectivity index (χ0) is 29.8. The summed E-state index contributed by atoms with van der Waals surface area (Å²) in [7, 11) is -4.47. The standard InChI is InChI=1S/C25H27ClF6N2O6S/c26-17-1-3-20-22(9-17)40-19(13-37-20)12-34-7-5-16(6-8-34)11-33-41(35,36)23-10-18(38-14-24(27,28)29)2-4-21(23)39-15-25(30,31)32/h1-4,9-10,16,19,33H,5-8,11-15H2/t19-/m0/s1. The fourth-order valence-corrected chi connectivity index (χ4v) is 5.81. The smallest absolute Gasteiger partial charge is 0.422 e. The summed E-state index contributed by atoms with van der Waals surface area (Å²) in [6.45, 7) is -1.32. The number of sulfonamides is 1. The summed E-state index contributed by atoms with van der Waals surface area (Å²) in [4.78, 5) is 1.40. The predicted octanol–water partition coefficient (Wildman–Crippen LogP) is 5.05. The Morgan fingerprint density at radius 2 is 1.63 bits per heavy atom. The largest absolute Gasteiger partial charge is 0.486 e. The number of nitrogens with zero attached hydrogens (tertiary/aromatic N) is 1. The molecular weight excluding hydrogens is 606 g/mol. The summed E-state index contributed by atoms with van der Waals surface area (Å²) in [6.07, 6.45) is -8.46. The number of alkyl halides is 6. The van der Waals surface area contributed by atoms with E-state index in [4.69, 9.17) is 21.1 Å². The second-order valence-electron chi connectivity index (χ2n) is 9.65. The quantitative estimate of drug-likeness (QED) is 0.367. The van der Waals surface area contributed by atoms with Gasteiger partial charge < -0.3 is 18.9 Å². The number of fused-ring (bicyclic) bond motifs is 1. The van der Waals surface area contributed by atoms with Crippen LogP contribution < -0.4 is 23.7 Å². The van der Waals surface area contributed by atoms with Crippen LogP contribution in [0.2, 0.25) is 5.02 Å². The Bertz CT molecular complexity index is 1300. The molecule has 4 rings (SSSR count). The Morgan fingerprint density at radius 3 is 2.32 bits per heavy atom. The van der Waals surface area contributed by atoms with Crippen molar-refractivity contribution in [2.24, 2.45) is 5.92 Å². The Balaban J connectivity index is 1.33. The molecule has 0 bridgehead atoms. The average Bonchev–Trinajstić information content (AvgIpc) is 2.89. The van der Waals surface area contributed by atoms with Crippen molar-refractivity contribution in [2.45, 2.75) is 36.2 Å². The van der Waals surface area contributed by atoms with Crippen LogP contribution in [0.4, 0.5) is 26.3 Å². The van der Waals surface area contributed by atoms with E-state index < -0.39 is 52.0 Å². The molecule has 1 atom stereocenters. The van der Waals surface area contributed by atoms with Gasteiger partial charge in [-0.25, -0.2) is 13.1 Å². The molecule has 8 nitrogen and oxygen atoms in total. The van der Waals surface area contributed by atoms with Crippen LogP contribution >= 0.6 is 11.6 Å². The second kappa shape index (κ2) is 12.7. The molecule has 0 amide bonds. The number of likely N-dealkylation sites (tertiary alicyclic amines) is 1. The minimum Gasteiger partial charge on any atom is -0.486 e. The zero-order valence-electron chi connectivity index (χ0n) is 21.4. The predicted molar refractivity (Wildman–Crippen MR) is 135 cm³/mol. The molecule has 0 unspecified atom stereocenters.